The molecule has 4 rings (SSSR count). The maximum Gasteiger partial charge on any atom is 0.309 e. The van der Waals surface area contributed by atoms with E-state index in [1.807, 2.05) is 81.4 Å². The molecule has 184 valence electrons. The average molecular weight is 494 g/mol. The van der Waals surface area contributed by atoms with Gasteiger partial charge in [0.25, 0.3) is 0 Å². The third kappa shape index (κ3) is 7.12. The maximum atomic E-state index is 12.6. The molecule has 0 radical (unpaired) electrons. The molecule has 1 heterocycles. The smallest absolute Gasteiger partial charge is 0.309 e. The van der Waals surface area contributed by atoms with E-state index in [1.54, 1.807) is 6.20 Å². The first-order valence-corrected chi connectivity index (χ1v) is 12.4. The Kier molecular flexibility index (Phi) is 7.81. The summed E-state index contributed by atoms with van der Waals surface area (Å²) in [6.45, 7) is 5.71. The Morgan fingerprint density at radius 3 is 2.43 bits per heavy atom. The number of rotatable bonds is 7. The van der Waals surface area contributed by atoms with Gasteiger partial charge in [-0.25, -0.2) is 4.98 Å². The first kappa shape index (κ1) is 24.9. The molecule has 0 bridgehead atoms. The van der Waals surface area contributed by atoms with E-state index in [0.717, 1.165) is 48.6 Å². The summed E-state index contributed by atoms with van der Waals surface area (Å²) in [5.41, 5.74) is 1.93. The molecule has 1 saturated carbocycles. The summed E-state index contributed by atoms with van der Waals surface area (Å²) in [5.74, 6) is 1.30. The van der Waals surface area contributed by atoms with Crippen LogP contribution >= 0.6 is 11.6 Å². The number of hydrogen-bond acceptors (Lipinski definition) is 6. The van der Waals surface area contributed by atoms with Crippen LogP contribution in [0.25, 0.3) is 0 Å². The second-order valence-electron chi connectivity index (χ2n) is 9.83. The number of pyridine rings is 1. The highest BCUT2D eigenvalue weighted by atomic mass is 35.5. The van der Waals surface area contributed by atoms with Gasteiger partial charge >= 0.3 is 5.97 Å². The molecule has 3 aromatic rings. The fourth-order valence-electron chi connectivity index (χ4n) is 4.19. The van der Waals surface area contributed by atoms with Gasteiger partial charge in [0, 0.05) is 17.9 Å². The standard InChI is InChI=1S/C28H32ClN3O3/c1-28(2,3)35-27(33)19-8-7-9-21(18-19)31-24-16-17-30-26(29)25(24)32-20-12-14-23(15-13-20)34-22-10-5-4-6-11-22/h4-6,10-17,19,21,32H,7-9,18H2,1-3H3,(H,30,31)/t19?,21-/m1/s1. The molecule has 0 spiro atoms. The van der Waals surface area contributed by atoms with Gasteiger partial charge in [0.2, 0.25) is 0 Å². The zero-order valence-electron chi connectivity index (χ0n) is 20.4. The molecular weight excluding hydrogens is 462 g/mol. The minimum Gasteiger partial charge on any atom is -0.460 e. The number of ether oxygens (including phenoxy) is 2. The second kappa shape index (κ2) is 11.0. The highest BCUT2D eigenvalue weighted by Gasteiger charge is 2.31. The largest absolute Gasteiger partial charge is 0.460 e. The number of carbonyl (C=O) groups excluding carboxylic acids is 1. The molecule has 35 heavy (non-hydrogen) atoms. The Morgan fingerprint density at radius 2 is 1.71 bits per heavy atom. The van der Waals surface area contributed by atoms with Crippen molar-refractivity contribution in [2.24, 2.45) is 5.92 Å². The van der Waals surface area contributed by atoms with Gasteiger partial charge in [-0.2, -0.15) is 0 Å². The highest BCUT2D eigenvalue weighted by Crippen LogP contribution is 2.35. The molecule has 0 aliphatic heterocycles. The molecule has 0 amide bonds. The van der Waals surface area contributed by atoms with Crippen LogP contribution in [0.15, 0.2) is 66.9 Å². The zero-order chi connectivity index (χ0) is 24.8. The van der Waals surface area contributed by atoms with Crippen molar-refractivity contribution in [2.45, 2.75) is 58.1 Å². The lowest BCUT2D eigenvalue weighted by Gasteiger charge is -2.31. The number of esters is 1. The van der Waals surface area contributed by atoms with E-state index in [0.29, 0.717) is 10.8 Å². The van der Waals surface area contributed by atoms with E-state index in [-0.39, 0.29) is 17.9 Å². The van der Waals surface area contributed by atoms with Crippen molar-refractivity contribution in [1.29, 1.82) is 0 Å². The van der Waals surface area contributed by atoms with Crippen LogP contribution in [0.2, 0.25) is 5.15 Å². The molecule has 1 aliphatic rings. The van der Waals surface area contributed by atoms with Crippen LogP contribution in [-0.2, 0) is 9.53 Å². The number of anilines is 3. The van der Waals surface area contributed by atoms with Crippen LogP contribution in [0.3, 0.4) is 0 Å². The van der Waals surface area contributed by atoms with Gasteiger partial charge in [0.05, 0.1) is 17.3 Å². The normalized spacial score (nSPS) is 17.9. The van der Waals surface area contributed by atoms with Crippen LogP contribution in [0.1, 0.15) is 46.5 Å². The van der Waals surface area contributed by atoms with Crippen LogP contribution < -0.4 is 15.4 Å². The van der Waals surface area contributed by atoms with E-state index in [1.165, 1.54) is 0 Å². The number of nitrogens with zero attached hydrogens (tertiary/aromatic N) is 1. The Bertz CT molecular complexity index is 1130. The van der Waals surface area contributed by atoms with Gasteiger partial charge in [-0.15, -0.1) is 0 Å². The maximum absolute atomic E-state index is 12.6. The van der Waals surface area contributed by atoms with E-state index in [4.69, 9.17) is 21.1 Å². The fraction of sp³-hybridized carbons (Fsp3) is 0.357. The second-order valence-corrected chi connectivity index (χ2v) is 10.2. The van der Waals surface area contributed by atoms with Crippen LogP contribution in [0, 0.1) is 5.92 Å². The predicted octanol–water partition coefficient (Wildman–Crippen LogP) is 7.58. The van der Waals surface area contributed by atoms with E-state index in [2.05, 4.69) is 15.6 Å². The number of benzene rings is 2. The third-order valence-corrected chi connectivity index (χ3v) is 6.07. The summed E-state index contributed by atoms with van der Waals surface area (Å²) < 4.78 is 11.5. The Hall–Kier alpha value is -3.25. The number of hydrogen-bond donors (Lipinski definition) is 2. The summed E-state index contributed by atoms with van der Waals surface area (Å²) >= 11 is 6.47. The van der Waals surface area contributed by atoms with Gasteiger partial charge in [0.1, 0.15) is 17.1 Å². The number of nitrogens with one attached hydrogen (secondary N) is 2. The summed E-state index contributed by atoms with van der Waals surface area (Å²) in [6.07, 6.45) is 5.20. The molecule has 2 N–H and O–H groups in total. The molecule has 7 heteroatoms. The lowest BCUT2D eigenvalue weighted by atomic mass is 9.85. The summed E-state index contributed by atoms with van der Waals surface area (Å²) in [4.78, 5) is 16.9. The first-order valence-electron chi connectivity index (χ1n) is 12.0. The lowest BCUT2D eigenvalue weighted by molar-refractivity contribution is -0.161. The minimum absolute atomic E-state index is 0.105. The van der Waals surface area contributed by atoms with Crippen molar-refractivity contribution in [1.82, 2.24) is 4.98 Å². The highest BCUT2D eigenvalue weighted by molar-refractivity contribution is 6.32. The Balaban J connectivity index is 1.43. The lowest BCUT2D eigenvalue weighted by Crippen LogP contribution is -2.35. The van der Waals surface area contributed by atoms with Crippen LogP contribution in [0.4, 0.5) is 17.1 Å². The minimum atomic E-state index is -0.477. The molecule has 1 unspecified atom stereocenters. The Morgan fingerprint density at radius 1 is 1.00 bits per heavy atom. The molecule has 0 saturated heterocycles. The monoisotopic (exact) mass is 493 g/mol. The molecule has 6 nitrogen and oxygen atoms in total. The summed E-state index contributed by atoms with van der Waals surface area (Å²) in [5, 5.41) is 7.34. The molecule has 1 aromatic heterocycles. The van der Waals surface area contributed by atoms with Crippen molar-refractivity contribution in [3.05, 3.63) is 72.0 Å². The molecular formula is C28H32ClN3O3. The summed E-state index contributed by atoms with van der Waals surface area (Å²) in [7, 11) is 0. The van der Waals surface area contributed by atoms with Crippen LogP contribution in [-0.4, -0.2) is 22.6 Å². The molecule has 2 aromatic carbocycles. The van der Waals surface area contributed by atoms with Gasteiger partial charge < -0.3 is 20.1 Å². The van der Waals surface area contributed by atoms with Crippen LogP contribution in [0.5, 0.6) is 11.5 Å². The van der Waals surface area contributed by atoms with Crippen molar-refractivity contribution in [3.63, 3.8) is 0 Å². The van der Waals surface area contributed by atoms with Gasteiger partial charge in [0.15, 0.2) is 5.15 Å². The zero-order valence-corrected chi connectivity index (χ0v) is 21.1. The topological polar surface area (TPSA) is 72.5 Å². The summed E-state index contributed by atoms with van der Waals surface area (Å²) in [6, 6.07) is 19.4. The van der Waals surface area contributed by atoms with E-state index in [9.17, 15) is 4.79 Å². The van der Waals surface area contributed by atoms with Crippen molar-refractivity contribution < 1.29 is 14.3 Å². The molecule has 1 fully saturated rings. The number of para-hydroxylation sites is 1. The predicted molar refractivity (Wildman–Crippen MR) is 141 cm³/mol. The first-order chi connectivity index (χ1) is 16.8. The molecule has 1 aliphatic carbocycles. The molecule has 2 atom stereocenters. The Labute approximate surface area is 212 Å². The fourth-order valence-corrected chi connectivity index (χ4v) is 4.40. The van der Waals surface area contributed by atoms with E-state index >= 15 is 0 Å². The van der Waals surface area contributed by atoms with Crippen molar-refractivity contribution in [2.75, 3.05) is 10.6 Å². The SMILES string of the molecule is CC(C)(C)OC(=O)C1CCC[C@@H](Nc2ccnc(Cl)c2Nc2ccc(Oc3ccccc3)cc2)C1. The average Bonchev–Trinajstić information content (AvgIpc) is 2.82. The van der Waals surface area contributed by atoms with Crippen molar-refractivity contribution >= 4 is 34.6 Å². The van der Waals surface area contributed by atoms with Gasteiger partial charge in [-0.1, -0.05) is 36.2 Å². The van der Waals surface area contributed by atoms with Crippen molar-refractivity contribution in [3.8, 4) is 11.5 Å². The third-order valence-electron chi connectivity index (χ3n) is 5.78. The van der Waals surface area contributed by atoms with E-state index < -0.39 is 5.60 Å². The number of halogens is 1. The number of aromatic nitrogens is 1. The van der Waals surface area contributed by atoms with Gasteiger partial charge in [-0.3, -0.25) is 4.79 Å². The van der Waals surface area contributed by atoms with Gasteiger partial charge in [-0.05, 0) is 82.5 Å². The number of carbonyl (C=O) groups is 1. The quantitative estimate of drug-likeness (QED) is 0.261.